The molecule has 6 heteroatoms. The SMILES string of the molecule is CN(C)CCN1C(=O)C(O)=C(C(=O)/C=C/c2ccccc2)C1c1cccc(Br)c1. The monoisotopic (exact) mass is 454 g/mol. The molecule has 1 aliphatic heterocycles. The first kappa shape index (κ1) is 21.0. The molecule has 0 spiro atoms. The third kappa shape index (κ3) is 4.83. The molecular formula is C23H23BrN2O3. The molecule has 3 rings (SSSR count). The number of carbonyl (C=O) groups is 2. The summed E-state index contributed by atoms with van der Waals surface area (Å²) in [5.41, 5.74) is 1.75. The Balaban J connectivity index is 1.98. The minimum atomic E-state index is -0.632. The maximum absolute atomic E-state index is 13.0. The van der Waals surface area contributed by atoms with Gasteiger partial charge >= 0.3 is 0 Å². The van der Waals surface area contributed by atoms with Crippen molar-refractivity contribution in [2.24, 2.45) is 0 Å². The van der Waals surface area contributed by atoms with Gasteiger partial charge in [0.25, 0.3) is 5.91 Å². The van der Waals surface area contributed by atoms with E-state index in [1.807, 2.05) is 73.6 Å². The molecule has 1 atom stereocenters. The average Bonchev–Trinajstić information content (AvgIpc) is 2.96. The maximum Gasteiger partial charge on any atom is 0.290 e. The molecule has 29 heavy (non-hydrogen) atoms. The zero-order chi connectivity index (χ0) is 21.0. The first-order chi connectivity index (χ1) is 13.9. The van der Waals surface area contributed by atoms with Gasteiger partial charge in [0.1, 0.15) is 0 Å². The van der Waals surface area contributed by atoms with Crippen LogP contribution in [-0.4, -0.2) is 53.8 Å². The summed E-state index contributed by atoms with van der Waals surface area (Å²) < 4.78 is 0.841. The van der Waals surface area contributed by atoms with Gasteiger partial charge in [0, 0.05) is 17.6 Å². The van der Waals surface area contributed by atoms with E-state index >= 15 is 0 Å². The summed E-state index contributed by atoms with van der Waals surface area (Å²) in [6, 6.07) is 16.3. The van der Waals surface area contributed by atoms with E-state index in [1.165, 1.54) is 6.08 Å². The lowest BCUT2D eigenvalue weighted by atomic mass is 9.95. The summed E-state index contributed by atoms with van der Waals surface area (Å²) >= 11 is 3.45. The maximum atomic E-state index is 13.0. The fourth-order valence-corrected chi connectivity index (χ4v) is 3.71. The van der Waals surface area contributed by atoms with Gasteiger partial charge in [-0.1, -0.05) is 64.5 Å². The van der Waals surface area contributed by atoms with Crippen molar-refractivity contribution in [2.45, 2.75) is 6.04 Å². The van der Waals surface area contributed by atoms with Crippen LogP contribution in [0.4, 0.5) is 0 Å². The molecule has 5 nitrogen and oxygen atoms in total. The standard InChI is InChI=1S/C23H23BrN2O3/c1-25(2)13-14-26-21(17-9-6-10-18(24)15-17)20(22(28)23(26)29)19(27)12-11-16-7-4-3-5-8-16/h3-12,15,21,28H,13-14H2,1-2H3/b12-11+. The summed E-state index contributed by atoms with van der Waals surface area (Å²) in [7, 11) is 3.83. The number of aliphatic hydroxyl groups is 1. The smallest absolute Gasteiger partial charge is 0.290 e. The number of carbonyl (C=O) groups excluding carboxylic acids is 2. The fraction of sp³-hybridized carbons (Fsp3) is 0.217. The van der Waals surface area contributed by atoms with Crippen LogP contribution in [0.25, 0.3) is 6.08 Å². The minimum Gasteiger partial charge on any atom is -0.503 e. The zero-order valence-electron chi connectivity index (χ0n) is 16.4. The van der Waals surface area contributed by atoms with Gasteiger partial charge < -0.3 is 14.9 Å². The van der Waals surface area contributed by atoms with Gasteiger partial charge in [-0.05, 0) is 43.4 Å². The summed E-state index contributed by atoms with van der Waals surface area (Å²) in [6.45, 7) is 1.01. The number of halogens is 1. The van der Waals surface area contributed by atoms with Crippen LogP contribution in [0, 0.1) is 0 Å². The van der Waals surface area contributed by atoms with Crippen molar-refractivity contribution in [3.8, 4) is 0 Å². The largest absolute Gasteiger partial charge is 0.503 e. The van der Waals surface area contributed by atoms with E-state index in [2.05, 4.69) is 15.9 Å². The van der Waals surface area contributed by atoms with Crippen LogP contribution in [0.1, 0.15) is 17.2 Å². The third-order valence-corrected chi connectivity index (χ3v) is 5.24. The van der Waals surface area contributed by atoms with E-state index in [9.17, 15) is 14.7 Å². The molecule has 1 unspecified atom stereocenters. The highest BCUT2D eigenvalue weighted by Gasteiger charge is 2.42. The van der Waals surface area contributed by atoms with Crippen molar-refractivity contribution in [3.63, 3.8) is 0 Å². The molecule has 0 bridgehead atoms. The number of benzene rings is 2. The van der Waals surface area contributed by atoms with Gasteiger partial charge in [-0.25, -0.2) is 0 Å². The van der Waals surface area contributed by atoms with Crippen molar-refractivity contribution >= 4 is 33.7 Å². The Kier molecular flexibility index (Phi) is 6.67. The normalized spacial score (nSPS) is 17.0. The van der Waals surface area contributed by atoms with Crippen LogP contribution < -0.4 is 0 Å². The molecule has 0 saturated carbocycles. The van der Waals surface area contributed by atoms with E-state index in [-0.39, 0.29) is 11.4 Å². The summed E-state index contributed by atoms with van der Waals surface area (Å²) in [6.07, 6.45) is 3.10. The van der Waals surface area contributed by atoms with Gasteiger partial charge in [0.15, 0.2) is 11.5 Å². The first-order valence-electron chi connectivity index (χ1n) is 9.30. The number of hydrogen-bond donors (Lipinski definition) is 1. The predicted octanol–water partition coefficient (Wildman–Crippen LogP) is 3.99. The highest BCUT2D eigenvalue weighted by Crippen LogP contribution is 2.38. The van der Waals surface area contributed by atoms with Crippen LogP contribution in [0.3, 0.4) is 0 Å². The summed E-state index contributed by atoms with van der Waals surface area (Å²) in [5.74, 6) is -1.37. The fourth-order valence-electron chi connectivity index (χ4n) is 3.29. The molecule has 150 valence electrons. The molecule has 0 fully saturated rings. The Labute approximate surface area is 179 Å². The van der Waals surface area contributed by atoms with E-state index < -0.39 is 17.7 Å². The highest BCUT2D eigenvalue weighted by atomic mass is 79.9. The number of nitrogens with zero attached hydrogens (tertiary/aromatic N) is 2. The minimum absolute atomic E-state index is 0.110. The predicted molar refractivity (Wildman–Crippen MR) is 117 cm³/mol. The lowest BCUT2D eigenvalue weighted by Gasteiger charge is -2.28. The molecule has 0 aromatic heterocycles. The van der Waals surface area contributed by atoms with Gasteiger partial charge in [-0.3, -0.25) is 9.59 Å². The molecule has 2 aromatic rings. The average molecular weight is 455 g/mol. The Morgan fingerprint density at radius 1 is 1.17 bits per heavy atom. The number of rotatable bonds is 7. The van der Waals surface area contributed by atoms with Crippen LogP contribution in [0.2, 0.25) is 0 Å². The highest BCUT2D eigenvalue weighted by molar-refractivity contribution is 9.10. The molecule has 0 aliphatic carbocycles. The van der Waals surface area contributed by atoms with Crippen molar-refractivity contribution < 1.29 is 14.7 Å². The zero-order valence-corrected chi connectivity index (χ0v) is 18.0. The molecule has 0 saturated heterocycles. The Morgan fingerprint density at radius 3 is 2.55 bits per heavy atom. The number of amides is 1. The molecule has 1 aliphatic rings. The van der Waals surface area contributed by atoms with Crippen LogP contribution in [0.5, 0.6) is 0 Å². The molecule has 1 heterocycles. The van der Waals surface area contributed by atoms with Gasteiger partial charge in [-0.2, -0.15) is 0 Å². The molecule has 2 aromatic carbocycles. The second-order valence-corrected chi connectivity index (χ2v) is 8.05. The van der Waals surface area contributed by atoms with Crippen molar-refractivity contribution in [1.82, 2.24) is 9.80 Å². The number of likely N-dealkylation sites (N-methyl/N-ethyl adjacent to an activating group) is 1. The van der Waals surface area contributed by atoms with Crippen LogP contribution in [-0.2, 0) is 9.59 Å². The second-order valence-electron chi connectivity index (χ2n) is 7.13. The number of ketones is 1. The van der Waals surface area contributed by atoms with Crippen LogP contribution >= 0.6 is 15.9 Å². The number of hydrogen-bond acceptors (Lipinski definition) is 4. The van der Waals surface area contributed by atoms with Gasteiger partial charge in [0.05, 0.1) is 11.6 Å². The first-order valence-corrected chi connectivity index (χ1v) is 10.1. The van der Waals surface area contributed by atoms with E-state index in [4.69, 9.17) is 0 Å². The van der Waals surface area contributed by atoms with E-state index in [0.29, 0.717) is 13.1 Å². The molecule has 0 radical (unpaired) electrons. The van der Waals surface area contributed by atoms with Crippen LogP contribution in [0.15, 0.2) is 76.5 Å². The Hall–Kier alpha value is -2.70. The van der Waals surface area contributed by atoms with Crippen molar-refractivity contribution in [2.75, 3.05) is 27.2 Å². The van der Waals surface area contributed by atoms with Crippen molar-refractivity contribution in [3.05, 3.63) is 87.6 Å². The third-order valence-electron chi connectivity index (χ3n) is 4.75. The van der Waals surface area contributed by atoms with Gasteiger partial charge in [-0.15, -0.1) is 0 Å². The lowest BCUT2D eigenvalue weighted by Crippen LogP contribution is -2.36. The molecular weight excluding hydrogens is 432 g/mol. The van der Waals surface area contributed by atoms with Crippen molar-refractivity contribution in [1.29, 1.82) is 0 Å². The molecule has 1 amide bonds. The summed E-state index contributed by atoms with van der Waals surface area (Å²) in [4.78, 5) is 29.3. The number of aliphatic hydroxyl groups excluding tert-OH is 1. The second kappa shape index (κ2) is 9.20. The van der Waals surface area contributed by atoms with E-state index in [0.717, 1.165) is 15.6 Å². The Morgan fingerprint density at radius 2 is 1.90 bits per heavy atom. The summed E-state index contributed by atoms with van der Waals surface area (Å²) in [5, 5.41) is 10.6. The lowest BCUT2D eigenvalue weighted by molar-refractivity contribution is -0.129. The quantitative estimate of drug-likeness (QED) is 0.642. The number of allylic oxidation sites excluding steroid dienone is 1. The Bertz CT molecular complexity index is 967. The van der Waals surface area contributed by atoms with E-state index in [1.54, 1.807) is 11.0 Å². The molecule has 1 N–H and O–H groups in total. The van der Waals surface area contributed by atoms with Gasteiger partial charge in [0.2, 0.25) is 0 Å². The topological polar surface area (TPSA) is 60.9 Å².